The second-order valence-corrected chi connectivity index (χ2v) is 6.73. The van der Waals surface area contributed by atoms with Crippen LogP contribution >= 0.6 is 0 Å². The van der Waals surface area contributed by atoms with E-state index < -0.39 is 18.0 Å². The van der Waals surface area contributed by atoms with Crippen LogP contribution in [-0.4, -0.2) is 40.0 Å². The highest BCUT2D eigenvalue weighted by Crippen LogP contribution is 2.28. The van der Waals surface area contributed by atoms with Crippen molar-refractivity contribution in [3.8, 4) is 6.01 Å². The third kappa shape index (κ3) is 4.75. The van der Waals surface area contributed by atoms with Gasteiger partial charge in [-0.1, -0.05) is 17.2 Å². The molecule has 144 valence electrons. The Morgan fingerprint density at radius 3 is 2.59 bits per heavy atom. The van der Waals surface area contributed by atoms with Crippen molar-refractivity contribution in [3.05, 3.63) is 52.8 Å². The molecule has 8 heteroatoms. The molecule has 1 aromatic carbocycles. The molecule has 3 rings (SSSR count). The van der Waals surface area contributed by atoms with E-state index in [1.165, 1.54) is 0 Å². The lowest BCUT2D eigenvalue weighted by atomic mass is 10.0. The maximum absolute atomic E-state index is 12.8. The summed E-state index contributed by atoms with van der Waals surface area (Å²) in [7, 11) is 0. The SMILES string of the molecule is Cc1cc(C)cc(C(=O)N2CCCC(Oc3nccc(C(F)(F)F)n3)C2)c1. The van der Waals surface area contributed by atoms with Gasteiger partial charge in [0.25, 0.3) is 5.91 Å². The van der Waals surface area contributed by atoms with E-state index in [0.29, 0.717) is 24.9 Å². The summed E-state index contributed by atoms with van der Waals surface area (Å²) in [5, 5.41) is 0. The smallest absolute Gasteiger partial charge is 0.433 e. The summed E-state index contributed by atoms with van der Waals surface area (Å²) in [4.78, 5) is 21.6. The zero-order valence-electron chi connectivity index (χ0n) is 15.1. The van der Waals surface area contributed by atoms with Crippen LogP contribution in [0.5, 0.6) is 6.01 Å². The number of nitrogens with zero attached hydrogens (tertiary/aromatic N) is 3. The summed E-state index contributed by atoms with van der Waals surface area (Å²) in [6.07, 6.45) is -2.67. The van der Waals surface area contributed by atoms with Gasteiger partial charge in [0.15, 0.2) is 5.69 Å². The number of benzene rings is 1. The average Bonchev–Trinajstić information content (AvgIpc) is 2.60. The van der Waals surface area contributed by atoms with Gasteiger partial charge in [0, 0.05) is 18.3 Å². The number of rotatable bonds is 3. The third-order valence-electron chi connectivity index (χ3n) is 4.33. The second kappa shape index (κ2) is 7.54. The van der Waals surface area contributed by atoms with Crippen molar-refractivity contribution in [3.63, 3.8) is 0 Å². The zero-order valence-corrected chi connectivity index (χ0v) is 15.1. The highest BCUT2D eigenvalue weighted by molar-refractivity contribution is 5.94. The number of piperidine rings is 1. The minimum Gasteiger partial charge on any atom is -0.458 e. The van der Waals surface area contributed by atoms with Crippen molar-refractivity contribution < 1.29 is 22.7 Å². The number of carbonyl (C=O) groups excluding carboxylic acids is 1. The lowest BCUT2D eigenvalue weighted by Crippen LogP contribution is -2.44. The average molecular weight is 379 g/mol. The molecular weight excluding hydrogens is 359 g/mol. The number of hydrogen-bond acceptors (Lipinski definition) is 4. The van der Waals surface area contributed by atoms with Crippen LogP contribution in [0.3, 0.4) is 0 Å². The number of alkyl halides is 3. The molecule has 1 amide bonds. The van der Waals surface area contributed by atoms with Gasteiger partial charge < -0.3 is 9.64 Å². The first-order chi connectivity index (χ1) is 12.7. The number of amides is 1. The molecule has 1 fully saturated rings. The molecule has 1 saturated heterocycles. The Kier molecular flexibility index (Phi) is 5.34. The Bertz CT molecular complexity index is 819. The van der Waals surface area contributed by atoms with Crippen LogP contribution < -0.4 is 4.74 Å². The van der Waals surface area contributed by atoms with Crippen LogP contribution in [0.25, 0.3) is 0 Å². The Morgan fingerprint density at radius 1 is 1.22 bits per heavy atom. The lowest BCUT2D eigenvalue weighted by molar-refractivity contribution is -0.141. The highest BCUT2D eigenvalue weighted by Gasteiger charge is 2.33. The van der Waals surface area contributed by atoms with Gasteiger partial charge in [0.1, 0.15) is 6.10 Å². The second-order valence-electron chi connectivity index (χ2n) is 6.73. The third-order valence-corrected chi connectivity index (χ3v) is 4.33. The number of aromatic nitrogens is 2. The van der Waals surface area contributed by atoms with Crippen molar-refractivity contribution in [2.45, 2.75) is 39.0 Å². The first-order valence-corrected chi connectivity index (χ1v) is 8.67. The summed E-state index contributed by atoms with van der Waals surface area (Å²) in [5.41, 5.74) is 1.55. The van der Waals surface area contributed by atoms with Gasteiger partial charge in [-0.25, -0.2) is 4.98 Å². The molecule has 1 aromatic heterocycles. The minimum atomic E-state index is -4.56. The summed E-state index contributed by atoms with van der Waals surface area (Å²) < 4.78 is 43.8. The van der Waals surface area contributed by atoms with Crippen LogP contribution in [0, 0.1) is 13.8 Å². The molecule has 1 unspecified atom stereocenters. The summed E-state index contributed by atoms with van der Waals surface area (Å²) in [6.45, 7) is 4.72. The van der Waals surface area contributed by atoms with Crippen LogP contribution in [0.15, 0.2) is 30.5 Å². The van der Waals surface area contributed by atoms with E-state index in [2.05, 4.69) is 9.97 Å². The fourth-order valence-electron chi connectivity index (χ4n) is 3.20. The van der Waals surface area contributed by atoms with Crippen LogP contribution in [0.2, 0.25) is 0 Å². The van der Waals surface area contributed by atoms with Gasteiger partial charge in [0.05, 0.1) is 6.54 Å². The summed E-state index contributed by atoms with van der Waals surface area (Å²) in [5.74, 6) is -0.111. The molecule has 1 aliphatic heterocycles. The van der Waals surface area contributed by atoms with E-state index in [9.17, 15) is 18.0 Å². The summed E-state index contributed by atoms with van der Waals surface area (Å²) >= 11 is 0. The minimum absolute atomic E-state index is 0.111. The van der Waals surface area contributed by atoms with E-state index in [-0.39, 0.29) is 18.5 Å². The van der Waals surface area contributed by atoms with E-state index in [4.69, 9.17) is 4.74 Å². The highest BCUT2D eigenvalue weighted by atomic mass is 19.4. The first kappa shape index (κ1) is 19.1. The summed E-state index contributed by atoms with van der Waals surface area (Å²) in [6, 6.07) is 6.12. The Balaban J connectivity index is 1.70. The molecule has 2 aromatic rings. The first-order valence-electron chi connectivity index (χ1n) is 8.67. The van der Waals surface area contributed by atoms with Crippen molar-refractivity contribution in [2.24, 2.45) is 0 Å². The van der Waals surface area contributed by atoms with Gasteiger partial charge in [-0.05, 0) is 44.9 Å². The molecule has 0 radical (unpaired) electrons. The molecule has 0 N–H and O–H groups in total. The van der Waals surface area contributed by atoms with E-state index in [0.717, 1.165) is 23.4 Å². The molecule has 0 spiro atoms. The molecule has 0 bridgehead atoms. The maximum Gasteiger partial charge on any atom is 0.433 e. The number of aryl methyl sites for hydroxylation is 2. The van der Waals surface area contributed by atoms with Crippen molar-refractivity contribution >= 4 is 5.91 Å². The molecule has 0 saturated carbocycles. The molecular formula is C19H20F3N3O2. The Hall–Kier alpha value is -2.64. The lowest BCUT2D eigenvalue weighted by Gasteiger charge is -2.32. The fourth-order valence-corrected chi connectivity index (χ4v) is 3.20. The Labute approximate surface area is 155 Å². The van der Waals surface area contributed by atoms with E-state index >= 15 is 0 Å². The van der Waals surface area contributed by atoms with Crippen molar-refractivity contribution in [2.75, 3.05) is 13.1 Å². The quantitative estimate of drug-likeness (QED) is 0.814. The number of ether oxygens (including phenoxy) is 1. The number of carbonyl (C=O) groups is 1. The standard InChI is InChI=1S/C19H20F3N3O2/c1-12-8-13(2)10-14(9-12)17(26)25-7-3-4-15(11-25)27-18-23-6-5-16(24-18)19(20,21)22/h5-6,8-10,15H,3-4,7,11H2,1-2H3. The normalized spacial score (nSPS) is 17.7. The van der Waals surface area contributed by atoms with Crippen LogP contribution in [0.4, 0.5) is 13.2 Å². The van der Waals surface area contributed by atoms with Crippen LogP contribution in [-0.2, 0) is 6.18 Å². The molecule has 5 nitrogen and oxygen atoms in total. The monoisotopic (exact) mass is 379 g/mol. The number of likely N-dealkylation sites (tertiary alicyclic amines) is 1. The predicted molar refractivity (Wildman–Crippen MR) is 92.5 cm³/mol. The molecule has 1 atom stereocenters. The van der Waals surface area contributed by atoms with Crippen LogP contribution in [0.1, 0.15) is 40.0 Å². The molecule has 27 heavy (non-hydrogen) atoms. The molecule has 2 heterocycles. The molecule has 0 aliphatic carbocycles. The van der Waals surface area contributed by atoms with E-state index in [1.807, 2.05) is 32.0 Å². The predicted octanol–water partition coefficient (Wildman–Crippen LogP) is 3.80. The maximum atomic E-state index is 12.8. The van der Waals surface area contributed by atoms with Gasteiger partial charge in [-0.2, -0.15) is 18.2 Å². The topological polar surface area (TPSA) is 55.3 Å². The largest absolute Gasteiger partial charge is 0.458 e. The van der Waals surface area contributed by atoms with E-state index in [1.54, 1.807) is 4.90 Å². The van der Waals surface area contributed by atoms with Gasteiger partial charge in [-0.15, -0.1) is 0 Å². The van der Waals surface area contributed by atoms with Crippen molar-refractivity contribution in [1.82, 2.24) is 14.9 Å². The number of halogens is 3. The molecule has 1 aliphatic rings. The van der Waals surface area contributed by atoms with Gasteiger partial charge in [-0.3, -0.25) is 4.79 Å². The van der Waals surface area contributed by atoms with Gasteiger partial charge >= 0.3 is 12.2 Å². The Morgan fingerprint density at radius 2 is 1.93 bits per heavy atom. The van der Waals surface area contributed by atoms with Crippen molar-refractivity contribution in [1.29, 1.82) is 0 Å². The number of hydrogen-bond donors (Lipinski definition) is 0. The van der Waals surface area contributed by atoms with Gasteiger partial charge in [0.2, 0.25) is 0 Å². The fraction of sp³-hybridized carbons (Fsp3) is 0.421. The zero-order chi connectivity index (χ0) is 19.6.